The van der Waals surface area contributed by atoms with Gasteiger partial charge in [0.25, 0.3) is 11.8 Å². The molecule has 0 spiro atoms. The summed E-state index contributed by atoms with van der Waals surface area (Å²) < 4.78 is 2.05. The molecule has 44 heavy (non-hydrogen) atoms. The molecule has 7 aromatic rings. The number of rotatable bonds is 4. The van der Waals surface area contributed by atoms with Gasteiger partial charge in [0, 0.05) is 16.3 Å². The molecule has 0 saturated carbocycles. The Morgan fingerprint density at radius 1 is 0.591 bits per heavy atom. The maximum Gasteiger partial charge on any atom is 0.268 e. The number of hydrogen-bond acceptors (Lipinski definition) is 4. The molecule has 0 bridgehead atoms. The monoisotopic (exact) mass is 566 g/mol. The van der Waals surface area contributed by atoms with Gasteiger partial charge in [-0.2, -0.15) is 5.26 Å². The number of amides is 2. The molecule has 1 aliphatic rings. The first kappa shape index (κ1) is 25.4. The van der Waals surface area contributed by atoms with Crippen molar-refractivity contribution in [2.24, 2.45) is 0 Å². The molecule has 0 aliphatic carbocycles. The smallest absolute Gasteiger partial charge is 0.268 e. The minimum atomic E-state index is -0.374. The second kappa shape index (κ2) is 9.90. The van der Waals surface area contributed by atoms with Crippen LogP contribution < -0.4 is 4.90 Å². The van der Waals surface area contributed by atoms with Gasteiger partial charge in [0.2, 0.25) is 0 Å². The van der Waals surface area contributed by atoms with Crippen LogP contribution in [0.15, 0.2) is 133 Å². The van der Waals surface area contributed by atoms with Gasteiger partial charge < -0.3 is 4.57 Å². The van der Waals surface area contributed by atoms with E-state index in [0.29, 0.717) is 33.9 Å². The second-order valence-corrected chi connectivity index (χ2v) is 10.6. The molecule has 2 aromatic heterocycles. The number of para-hydroxylation sites is 2. The van der Waals surface area contributed by atoms with Gasteiger partial charge in [-0.3, -0.25) is 9.59 Å². The lowest BCUT2D eigenvalue weighted by molar-refractivity contribution is 0.0926. The summed E-state index contributed by atoms with van der Waals surface area (Å²) in [5.74, 6) is -0.732. The number of aromatic nitrogens is 2. The summed E-state index contributed by atoms with van der Waals surface area (Å²) in [5.41, 5.74) is 7.40. The van der Waals surface area contributed by atoms with Crippen molar-refractivity contribution < 1.29 is 9.59 Å². The zero-order chi connectivity index (χ0) is 29.8. The van der Waals surface area contributed by atoms with Crippen LogP contribution in [0.5, 0.6) is 0 Å². The van der Waals surface area contributed by atoms with Crippen LogP contribution in [0.3, 0.4) is 0 Å². The number of imide groups is 1. The Bertz CT molecular complexity index is 2330. The molecule has 8 rings (SSSR count). The van der Waals surface area contributed by atoms with Crippen molar-refractivity contribution in [2.45, 2.75) is 0 Å². The average molecular weight is 567 g/mol. The highest BCUT2D eigenvalue weighted by Crippen LogP contribution is 2.41. The zero-order valence-corrected chi connectivity index (χ0v) is 23.3. The summed E-state index contributed by atoms with van der Waals surface area (Å²) in [6.07, 6.45) is 0. The van der Waals surface area contributed by atoms with Crippen LogP contribution in [0.1, 0.15) is 26.4 Å². The highest BCUT2D eigenvalue weighted by molar-refractivity contribution is 6.36. The lowest BCUT2D eigenvalue weighted by Crippen LogP contribution is -2.29. The Morgan fingerprint density at radius 3 is 2.09 bits per heavy atom. The fourth-order valence-corrected chi connectivity index (χ4v) is 6.24. The number of fused-ring (bicyclic) bond motifs is 4. The van der Waals surface area contributed by atoms with Crippen LogP contribution in [0, 0.1) is 11.3 Å². The van der Waals surface area contributed by atoms with Gasteiger partial charge in [0.15, 0.2) is 0 Å². The molecule has 0 atom stereocenters. The number of anilines is 1. The van der Waals surface area contributed by atoms with Gasteiger partial charge in [0.1, 0.15) is 11.8 Å². The van der Waals surface area contributed by atoms with E-state index in [4.69, 9.17) is 0 Å². The first-order valence-electron chi connectivity index (χ1n) is 14.2. The first-order valence-corrected chi connectivity index (χ1v) is 14.2. The zero-order valence-electron chi connectivity index (χ0n) is 23.3. The van der Waals surface area contributed by atoms with Crippen molar-refractivity contribution in [3.63, 3.8) is 0 Å². The normalized spacial score (nSPS) is 12.6. The van der Waals surface area contributed by atoms with Crippen LogP contribution in [0.2, 0.25) is 0 Å². The van der Waals surface area contributed by atoms with Crippen molar-refractivity contribution in [3.05, 3.63) is 150 Å². The summed E-state index contributed by atoms with van der Waals surface area (Å²) in [6.45, 7) is 0. The number of carbonyl (C=O) groups excluding carboxylic acids is 2. The van der Waals surface area contributed by atoms with Crippen molar-refractivity contribution in [3.8, 4) is 34.1 Å². The van der Waals surface area contributed by atoms with Gasteiger partial charge in [-0.25, -0.2) is 9.88 Å². The summed E-state index contributed by atoms with van der Waals surface area (Å²) >= 11 is 0. The number of benzene rings is 5. The summed E-state index contributed by atoms with van der Waals surface area (Å²) in [5, 5.41) is 11.5. The number of hydrogen-bond donors (Lipinski definition) is 0. The molecule has 2 amide bonds. The lowest BCUT2D eigenvalue weighted by Gasteiger charge is -2.16. The molecule has 6 nitrogen and oxygen atoms in total. The Hall–Kier alpha value is -6.32. The molecule has 1 aliphatic heterocycles. The lowest BCUT2D eigenvalue weighted by atomic mass is 10.0. The number of nitriles is 1. The quantitative estimate of drug-likeness (QED) is 0.201. The minimum Gasteiger partial charge on any atom is -0.308 e. The van der Waals surface area contributed by atoms with Crippen LogP contribution in [0.4, 0.5) is 5.69 Å². The van der Waals surface area contributed by atoms with E-state index in [0.717, 1.165) is 38.5 Å². The molecule has 5 aromatic carbocycles. The van der Waals surface area contributed by atoms with Crippen LogP contribution in [-0.4, -0.2) is 21.4 Å². The van der Waals surface area contributed by atoms with Gasteiger partial charge in [-0.1, -0.05) is 91.0 Å². The topological polar surface area (TPSA) is 79.0 Å². The van der Waals surface area contributed by atoms with E-state index in [9.17, 15) is 14.9 Å². The average Bonchev–Trinajstić information content (AvgIpc) is 3.56. The molecule has 0 radical (unpaired) electrons. The van der Waals surface area contributed by atoms with E-state index in [1.54, 1.807) is 12.1 Å². The largest absolute Gasteiger partial charge is 0.308 e. The van der Waals surface area contributed by atoms with E-state index in [-0.39, 0.29) is 11.8 Å². The van der Waals surface area contributed by atoms with E-state index < -0.39 is 0 Å². The van der Waals surface area contributed by atoms with Crippen LogP contribution >= 0.6 is 0 Å². The third kappa shape index (κ3) is 3.77. The number of pyridine rings is 1. The standard InChI is InChI=1S/C38H22N4O2/c39-23-26-11-6-16-32(40-26)30-14-7-13-29-28-12-4-5-17-33(28)42(36(29)30)34-18-8-15-31-35(34)38(44)41(37(31)43)27-21-19-25(20-22-27)24-9-2-1-3-10-24/h1-22H. The Kier molecular flexibility index (Phi) is 5.71. The van der Waals surface area contributed by atoms with E-state index in [1.807, 2.05) is 126 Å². The summed E-state index contributed by atoms with van der Waals surface area (Å²) in [7, 11) is 0. The SMILES string of the molecule is N#Cc1cccc(-c2cccc3c4ccccc4n(-c4cccc5c4C(=O)N(c4ccc(-c6ccccc6)cc4)C5=O)c23)n1. The fourth-order valence-electron chi connectivity index (χ4n) is 6.24. The van der Waals surface area contributed by atoms with Crippen molar-refractivity contribution in [1.82, 2.24) is 9.55 Å². The molecular weight excluding hydrogens is 544 g/mol. The minimum absolute atomic E-state index is 0.317. The maximum absolute atomic E-state index is 14.2. The van der Waals surface area contributed by atoms with Crippen molar-refractivity contribution >= 4 is 39.3 Å². The second-order valence-electron chi connectivity index (χ2n) is 10.6. The first-order chi connectivity index (χ1) is 21.6. The van der Waals surface area contributed by atoms with E-state index in [1.165, 1.54) is 4.90 Å². The molecule has 0 unspecified atom stereocenters. The highest BCUT2D eigenvalue weighted by Gasteiger charge is 2.39. The third-order valence-corrected chi connectivity index (χ3v) is 8.20. The predicted octanol–water partition coefficient (Wildman–Crippen LogP) is 8.18. The Morgan fingerprint density at radius 2 is 1.27 bits per heavy atom. The molecule has 206 valence electrons. The summed E-state index contributed by atoms with van der Waals surface area (Å²) in [6, 6.07) is 44.4. The van der Waals surface area contributed by atoms with Crippen molar-refractivity contribution in [2.75, 3.05) is 4.90 Å². The molecule has 6 heteroatoms. The van der Waals surface area contributed by atoms with Gasteiger partial charge in [-0.15, -0.1) is 0 Å². The maximum atomic E-state index is 14.2. The van der Waals surface area contributed by atoms with E-state index in [2.05, 4.69) is 11.1 Å². The Balaban J connectivity index is 1.33. The Labute approximate surface area is 252 Å². The van der Waals surface area contributed by atoms with Crippen LogP contribution in [-0.2, 0) is 0 Å². The van der Waals surface area contributed by atoms with Crippen molar-refractivity contribution in [1.29, 1.82) is 5.26 Å². The summed E-state index contributed by atoms with van der Waals surface area (Å²) in [4.78, 5) is 33.9. The third-order valence-electron chi connectivity index (χ3n) is 8.20. The van der Waals surface area contributed by atoms with Gasteiger partial charge >= 0.3 is 0 Å². The number of nitrogens with zero attached hydrogens (tertiary/aromatic N) is 4. The van der Waals surface area contributed by atoms with Gasteiger partial charge in [0.05, 0.1) is 39.2 Å². The van der Waals surface area contributed by atoms with Gasteiger partial charge in [-0.05, 0) is 53.6 Å². The molecule has 0 N–H and O–H groups in total. The highest BCUT2D eigenvalue weighted by atomic mass is 16.2. The predicted molar refractivity (Wildman–Crippen MR) is 172 cm³/mol. The molecule has 0 fully saturated rings. The molecule has 3 heterocycles. The number of carbonyl (C=O) groups is 2. The van der Waals surface area contributed by atoms with E-state index >= 15 is 0 Å². The molecule has 0 saturated heterocycles. The fraction of sp³-hybridized carbons (Fsp3) is 0. The van der Waals surface area contributed by atoms with Crippen LogP contribution in [0.25, 0.3) is 49.9 Å². The molecular formula is C38H22N4O2.